The number of hydrogen-bond donors (Lipinski definition) is 2. The molecule has 1 amide bonds. The van der Waals surface area contributed by atoms with Crippen molar-refractivity contribution in [2.24, 2.45) is 5.92 Å². The zero-order chi connectivity index (χ0) is 35.5. The zero-order valence-corrected chi connectivity index (χ0v) is 28.6. The summed E-state index contributed by atoms with van der Waals surface area (Å²) in [7, 11) is 1.93. The minimum Gasteiger partial charge on any atom is -0.508 e. The molecule has 0 bridgehead atoms. The number of phenolic OH excluding ortho intramolecular Hbond substituents is 1. The highest BCUT2D eigenvalue weighted by atomic mass is 32.1. The number of ketones is 1. The Morgan fingerprint density at radius 2 is 1.52 bits per heavy atom. The average molecular weight is 692 g/mol. The number of halogens is 2. The molecule has 2 N–H and O–H groups in total. The van der Waals surface area contributed by atoms with Gasteiger partial charge in [-0.3, -0.25) is 19.3 Å². The molecule has 50 heavy (non-hydrogen) atoms. The van der Waals surface area contributed by atoms with Crippen molar-refractivity contribution in [1.82, 2.24) is 9.47 Å². The third kappa shape index (κ3) is 7.27. The van der Waals surface area contributed by atoms with E-state index >= 15 is 8.78 Å². The van der Waals surface area contributed by atoms with Crippen molar-refractivity contribution in [1.29, 1.82) is 0 Å². The third-order valence-corrected chi connectivity index (χ3v) is 9.75. The molecule has 0 aliphatic heterocycles. The molecule has 6 rings (SSSR count). The zero-order valence-electron chi connectivity index (χ0n) is 27.7. The van der Waals surface area contributed by atoms with E-state index in [0.717, 1.165) is 16.0 Å². The fraction of sp³-hybridized carbons (Fsp3) is 0.175. The summed E-state index contributed by atoms with van der Waals surface area (Å²) in [6.07, 6.45) is 1.37. The van der Waals surface area contributed by atoms with Gasteiger partial charge in [0.15, 0.2) is 5.78 Å². The maximum absolute atomic E-state index is 15.0. The molecule has 0 fully saturated rings. The van der Waals surface area contributed by atoms with Gasteiger partial charge in [0.05, 0.1) is 17.5 Å². The van der Waals surface area contributed by atoms with E-state index in [9.17, 15) is 19.5 Å². The van der Waals surface area contributed by atoms with E-state index in [2.05, 4.69) is 10.2 Å². The van der Waals surface area contributed by atoms with Gasteiger partial charge < -0.3 is 15.0 Å². The number of fused-ring (bicyclic) bond motifs is 1. The van der Waals surface area contributed by atoms with E-state index in [0.29, 0.717) is 29.2 Å². The van der Waals surface area contributed by atoms with Crippen LogP contribution in [0.3, 0.4) is 0 Å². The van der Waals surface area contributed by atoms with Gasteiger partial charge in [0, 0.05) is 46.9 Å². The van der Waals surface area contributed by atoms with Crippen LogP contribution in [0.4, 0.5) is 14.5 Å². The number of thiophene rings is 1. The van der Waals surface area contributed by atoms with Crippen molar-refractivity contribution in [3.8, 4) is 16.2 Å². The maximum atomic E-state index is 15.0. The number of carbonyl (C=O) groups is 2. The Morgan fingerprint density at radius 3 is 2.16 bits per heavy atom. The first-order chi connectivity index (χ1) is 24.0. The Hall–Kier alpha value is -5.45. The number of hydrogen-bond acceptors (Lipinski definition) is 6. The Labute approximate surface area is 292 Å². The van der Waals surface area contributed by atoms with Crippen molar-refractivity contribution in [3.05, 3.63) is 153 Å². The SMILES string of the molecule is CC(C)C(=O)Nc1ccc(-c2sc3c(c2CN(C)Cc2ccccc2)c(=O)c(C(=O)c2ccc(O)cc2)cn3Cc2c(F)cccc2F)cc1. The molecule has 0 aliphatic carbocycles. The quantitative estimate of drug-likeness (QED) is 0.134. The second-order valence-corrected chi connectivity index (χ2v) is 13.5. The molecule has 0 unspecified atom stereocenters. The van der Waals surface area contributed by atoms with E-state index in [4.69, 9.17) is 0 Å². The number of pyridine rings is 1. The molecule has 10 heteroatoms. The van der Waals surface area contributed by atoms with Gasteiger partial charge in [-0.05, 0) is 72.3 Å². The van der Waals surface area contributed by atoms with Crippen LogP contribution in [0.2, 0.25) is 0 Å². The van der Waals surface area contributed by atoms with Crippen LogP contribution in [-0.2, 0) is 24.4 Å². The van der Waals surface area contributed by atoms with Crippen molar-refractivity contribution in [2.75, 3.05) is 12.4 Å². The molecule has 254 valence electrons. The van der Waals surface area contributed by atoms with Gasteiger partial charge in [0.25, 0.3) is 0 Å². The number of aromatic hydroxyl groups is 1. The summed E-state index contributed by atoms with van der Waals surface area (Å²) < 4.78 is 31.7. The van der Waals surface area contributed by atoms with Gasteiger partial charge in [-0.1, -0.05) is 62.4 Å². The topological polar surface area (TPSA) is 91.6 Å². The molecular formula is C40H35F2N3O4S. The summed E-state index contributed by atoms with van der Waals surface area (Å²) in [4.78, 5) is 44.0. The lowest BCUT2D eigenvalue weighted by Crippen LogP contribution is -2.22. The Bertz CT molecular complexity index is 2230. The molecule has 0 aliphatic rings. The number of phenols is 1. The van der Waals surface area contributed by atoms with Gasteiger partial charge in [0.1, 0.15) is 22.2 Å². The number of anilines is 1. The van der Waals surface area contributed by atoms with Gasteiger partial charge in [-0.2, -0.15) is 0 Å². The minimum atomic E-state index is -0.748. The van der Waals surface area contributed by atoms with Crippen LogP contribution < -0.4 is 10.7 Å². The number of nitrogens with one attached hydrogen (secondary N) is 1. The number of nitrogens with zero attached hydrogens (tertiary/aromatic N) is 2. The maximum Gasteiger partial charge on any atom is 0.226 e. The number of carbonyl (C=O) groups excluding carboxylic acids is 2. The van der Waals surface area contributed by atoms with Gasteiger partial charge in [-0.15, -0.1) is 11.3 Å². The first kappa shape index (κ1) is 34.4. The van der Waals surface area contributed by atoms with Crippen molar-refractivity contribution >= 4 is 38.9 Å². The largest absolute Gasteiger partial charge is 0.508 e. The van der Waals surface area contributed by atoms with E-state index in [1.807, 2.05) is 63.4 Å². The van der Waals surface area contributed by atoms with E-state index < -0.39 is 22.8 Å². The molecule has 4 aromatic carbocycles. The number of amides is 1. The third-order valence-electron chi connectivity index (χ3n) is 8.43. The molecule has 0 saturated carbocycles. The van der Waals surface area contributed by atoms with Crippen LogP contribution in [-0.4, -0.2) is 33.3 Å². The van der Waals surface area contributed by atoms with Crippen LogP contribution in [0.25, 0.3) is 20.7 Å². The predicted molar refractivity (Wildman–Crippen MR) is 194 cm³/mol. The lowest BCUT2D eigenvalue weighted by Gasteiger charge is -2.18. The van der Waals surface area contributed by atoms with Gasteiger partial charge >= 0.3 is 0 Å². The summed E-state index contributed by atoms with van der Waals surface area (Å²) in [5, 5.41) is 13.0. The summed E-state index contributed by atoms with van der Waals surface area (Å²) in [5.74, 6) is -2.44. The Balaban J connectivity index is 1.56. The predicted octanol–water partition coefficient (Wildman–Crippen LogP) is 8.22. The monoisotopic (exact) mass is 691 g/mol. The van der Waals surface area contributed by atoms with Crippen LogP contribution in [0, 0.1) is 17.6 Å². The summed E-state index contributed by atoms with van der Waals surface area (Å²) in [5.41, 5.74) is 2.42. The lowest BCUT2D eigenvalue weighted by molar-refractivity contribution is -0.118. The summed E-state index contributed by atoms with van der Waals surface area (Å²) in [6.45, 7) is 4.23. The number of benzene rings is 4. The highest BCUT2D eigenvalue weighted by Crippen LogP contribution is 2.39. The first-order valence-electron chi connectivity index (χ1n) is 16.1. The number of rotatable bonds is 11. The lowest BCUT2D eigenvalue weighted by atomic mass is 10.00. The van der Waals surface area contributed by atoms with Crippen molar-refractivity contribution in [3.63, 3.8) is 0 Å². The minimum absolute atomic E-state index is 0.0366. The van der Waals surface area contributed by atoms with E-state index in [1.165, 1.54) is 60.0 Å². The van der Waals surface area contributed by atoms with Gasteiger partial charge in [-0.25, -0.2) is 8.78 Å². The number of aromatic nitrogens is 1. The molecular weight excluding hydrogens is 657 g/mol. The van der Waals surface area contributed by atoms with Crippen LogP contribution in [0.1, 0.15) is 46.5 Å². The molecule has 0 atom stereocenters. The Kier molecular flexibility index (Phi) is 10.0. The molecule has 0 spiro atoms. The van der Waals surface area contributed by atoms with E-state index in [1.54, 1.807) is 16.7 Å². The standard InChI is InChI=1S/C40H35F2N3O4S/c1-24(2)39(49)43-28-16-12-27(13-17-28)38-31(21-44(3)20-25-8-5-4-6-9-25)35-37(48)32(36(47)26-14-18-29(46)19-15-26)23-45(40(35)50-38)22-30-33(41)10-7-11-34(30)42/h4-19,23-24,46H,20-22H2,1-3H3,(H,43,49). The first-order valence-corrected chi connectivity index (χ1v) is 16.9. The average Bonchev–Trinajstić information content (AvgIpc) is 3.47. The molecule has 7 nitrogen and oxygen atoms in total. The molecule has 0 saturated heterocycles. The molecule has 0 radical (unpaired) electrons. The van der Waals surface area contributed by atoms with Crippen LogP contribution in [0.15, 0.2) is 108 Å². The normalized spacial score (nSPS) is 11.4. The molecule has 2 heterocycles. The van der Waals surface area contributed by atoms with Gasteiger partial charge in [0.2, 0.25) is 11.3 Å². The molecule has 6 aromatic rings. The second-order valence-electron chi connectivity index (χ2n) is 12.5. The highest BCUT2D eigenvalue weighted by Gasteiger charge is 2.26. The van der Waals surface area contributed by atoms with E-state index in [-0.39, 0.29) is 46.2 Å². The second kappa shape index (κ2) is 14.6. The van der Waals surface area contributed by atoms with Crippen LogP contribution >= 0.6 is 11.3 Å². The smallest absolute Gasteiger partial charge is 0.226 e. The molecule has 2 aromatic heterocycles. The summed E-state index contributed by atoms with van der Waals surface area (Å²) >= 11 is 1.30. The fourth-order valence-electron chi connectivity index (χ4n) is 5.79. The van der Waals surface area contributed by atoms with Crippen LogP contribution in [0.5, 0.6) is 5.75 Å². The highest BCUT2D eigenvalue weighted by molar-refractivity contribution is 7.22. The fourth-order valence-corrected chi connectivity index (χ4v) is 7.08. The Morgan fingerprint density at radius 1 is 0.860 bits per heavy atom. The summed E-state index contributed by atoms with van der Waals surface area (Å²) in [6, 6.07) is 26.4. The van der Waals surface area contributed by atoms with Crippen molar-refractivity contribution in [2.45, 2.75) is 33.5 Å². The van der Waals surface area contributed by atoms with Crippen molar-refractivity contribution < 1.29 is 23.5 Å².